The molecule has 0 bridgehead atoms. The van der Waals surface area contributed by atoms with Crippen LogP contribution in [0.2, 0.25) is 0 Å². The fourth-order valence-electron chi connectivity index (χ4n) is 1.77. The van der Waals surface area contributed by atoms with Gasteiger partial charge in [-0.1, -0.05) is 0 Å². The summed E-state index contributed by atoms with van der Waals surface area (Å²) in [7, 11) is -4.49. The van der Waals surface area contributed by atoms with Gasteiger partial charge in [0.05, 0.1) is 5.75 Å². The van der Waals surface area contributed by atoms with Crippen LogP contribution in [0, 0.1) is 5.92 Å². The SMILES string of the molecule is CC(N)CN1CC(CS(=O)(=O)F)CC1=O. The molecule has 2 atom stereocenters. The van der Waals surface area contributed by atoms with Crippen LogP contribution in [0.4, 0.5) is 3.89 Å². The molecule has 1 aliphatic heterocycles. The van der Waals surface area contributed by atoms with E-state index < -0.39 is 21.9 Å². The van der Waals surface area contributed by atoms with E-state index in [9.17, 15) is 17.1 Å². The molecule has 1 saturated heterocycles. The van der Waals surface area contributed by atoms with E-state index in [0.717, 1.165) is 0 Å². The van der Waals surface area contributed by atoms with Crippen molar-refractivity contribution >= 4 is 16.1 Å². The van der Waals surface area contributed by atoms with E-state index in [0.29, 0.717) is 6.54 Å². The van der Waals surface area contributed by atoms with Crippen molar-refractivity contribution < 1.29 is 17.1 Å². The first-order valence-electron chi connectivity index (χ1n) is 4.73. The van der Waals surface area contributed by atoms with Crippen LogP contribution in [0.15, 0.2) is 0 Å². The van der Waals surface area contributed by atoms with Crippen molar-refractivity contribution in [1.29, 1.82) is 0 Å². The molecule has 0 aromatic rings. The third-order valence-electron chi connectivity index (χ3n) is 2.24. The molecule has 1 amide bonds. The third-order valence-corrected chi connectivity index (χ3v) is 3.11. The highest BCUT2D eigenvalue weighted by molar-refractivity contribution is 7.86. The number of carbonyl (C=O) groups excluding carboxylic acids is 1. The van der Waals surface area contributed by atoms with Gasteiger partial charge in [-0.2, -0.15) is 8.42 Å². The molecule has 0 aromatic heterocycles. The minimum absolute atomic E-state index is 0.0931. The van der Waals surface area contributed by atoms with Gasteiger partial charge in [-0.05, 0) is 6.92 Å². The Balaban J connectivity index is 2.52. The smallest absolute Gasteiger partial charge is 0.302 e. The highest BCUT2D eigenvalue weighted by atomic mass is 32.3. The normalized spacial score (nSPS) is 24.6. The maximum absolute atomic E-state index is 12.4. The van der Waals surface area contributed by atoms with Gasteiger partial charge in [0.2, 0.25) is 5.91 Å². The van der Waals surface area contributed by atoms with Crippen LogP contribution in [0.1, 0.15) is 13.3 Å². The Bertz CT molecular complexity index is 342. The average molecular weight is 238 g/mol. The predicted octanol–water partition coefficient (Wildman–Crippen LogP) is -0.519. The first-order chi connectivity index (χ1) is 6.78. The van der Waals surface area contributed by atoms with Crippen LogP contribution in [-0.4, -0.2) is 44.1 Å². The minimum Gasteiger partial charge on any atom is -0.341 e. The standard InChI is InChI=1S/C8H15FN2O3S/c1-6(10)3-11-4-7(2-8(11)12)5-15(9,13)14/h6-7H,2-5,10H2,1H3. The summed E-state index contributed by atoms with van der Waals surface area (Å²) in [5.41, 5.74) is 5.52. The van der Waals surface area contributed by atoms with E-state index in [4.69, 9.17) is 5.73 Å². The van der Waals surface area contributed by atoms with Crippen LogP contribution in [0.25, 0.3) is 0 Å². The van der Waals surface area contributed by atoms with E-state index in [1.807, 2.05) is 0 Å². The largest absolute Gasteiger partial charge is 0.341 e. The second-order valence-corrected chi connectivity index (χ2v) is 5.46. The van der Waals surface area contributed by atoms with Crippen LogP contribution in [0.3, 0.4) is 0 Å². The van der Waals surface area contributed by atoms with Crippen molar-refractivity contribution in [3.63, 3.8) is 0 Å². The molecular formula is C8H15FN2O3S. The lowest BCUT2D eigenvalue weighted by Gasteiger charge is -2.18. The van der Waals surface area contributed by atoms with Crippen LogP contribution < -0.4 is 5.73 Å². The predicted molar refractivity (Wildman–Crippen MR) is 53.2 cm³/mol. The van der Waals surface area contributed by atoms with E-state index in [1.165, 1.54) is 4.90 Å². The van der Waals surface area contributed by atoms with E-state index >= 15 is 0 Å². The zero-order valence-corrected chi connectivity index (χ0v) is 9.34. The fraction of sp³-hybridized carbons (Fsp3) is 0.875. The van der Waals surface area contributed by atoms with Gasteiger partial charge in [0.15, 0.2) is 0 Å². The highest BCUT2D eigenvalue weighted by Gasteiger charge is 2.32. The van der Waals surface area contributed by atoms with Gasteiger partial charge in [0, 0.05) is 31.5 Å². The molecule has 0 radical (unpaired) electrons. The van der Waals surface area contributed by atoms with Gasteiger partial charge in [0.25, 0.3) is 0 Å². The van der Waals surface area contributed by atoms with Crippen molar-refractivity contribution in [1.82, 2.24) is 4.90 Å². The Kier molecular flexibility index (Phi) is 3.67. The Morgan fingerprint density at radius 3 is 2.73 bits per heavy atom. The molecule has 0 saturated carbocycles. The summed E-state index contributed by atoms with van der Waals surface area (Å²) >= 11 is 0. The minimum atomic E-state index is -4.49. The molecule has 0 aliphatic carbocycles. The van der Waals surface area contributed by atoms with Crippen molar-refractivity contribution in [2.24, 2.45) is 11.7 Å². The van der Waals surface area contributed by atoms with Crippen molar-refractivity contribution in [3.8, 4) is 0 Å². The molecule has 5 nitrogen and oxygen atoms in total. The van der Waals surface area contributed by atoms with Gasteiger partial charge in [-0.15, -0.1) is 3.89 Å². The number of halogens is 1. The lowest BCUT2D eigenvalue weighted by molar-refractivity contribution is -0.127. The molecule has 1 rings (SSSR count). The number of rotatable bonds is 4. The lowest BCUT2D eigenvalue weighted by atomic mass is 10.1. The molecule has 1 aliphatic rings. The van der Waals surface area contributed by atoms with Crippen molar-refractivity contribution in [2.75, 3.05) is 18.8 Å². The second-order valence-electron chi connectivity index (χ2n) is 4.05. The summed E-state index contributed by atoms with van der Waals surface area (Å²) in [6.45, 7) is 2.43. The summed E-state index contributed by atoms with van der Waals surface area (Å²) in [5.74, 6) is -1.17. The molecule has 0 aromatic carbocycles. The third kappa shape index (κ3) is 4.13. The number of likely N-dealkylation sites (tertiary alicyclic amines) is 1. The first-order valence-corrected chi connectivity index (χ1v) is 6.29. The average Bonchev–Trinajstić information content (AvgIpc) is 2.26. The summed E-state index contributed by atoms with van der Waals surface area (Å²) in [5, 5.41) is 0. The molecule has 88 valence electrons. The monoisotopic (exact) mass is 238 g/mol. The zero-order valence-electron chi connectivity index (χ0n) is 8.52. The number of nitrogens with two attached hydrogens (primary N) is 1. The van der Waals surface area contributed by atoms with Crippen LogP contribution >= 0.6 is 0 Å². The number of amides is 1. The van der Waals surface area contributed by atoms with Gasteiger partial charge in [-0.25, -0.2) is 0 Å². The molecule has 7 heteroatoms. The lowest BCUT2D eigenvalue weighted by Crippen LogP contribution is -2.36. The van der Waals surface area contributed by atoms with E-state index in [1.54, 1.807) is 6.92 Å². The maximum atomic E-state index is 12.4. The Morgan fingerprint density at radius 2 is 2.27 bits per heavy atom. The first kappa shape index (κ1) is 12.4. The Labute approximate surface area is 88.6 Å². The molecule has 15 heavy (non-hydrogen) atoms. The van der Waals surface area contributed by atoms with E-state index in [2.05, 4.69) is 0 Å². The fourth-order valence-corrected chi connectivity index (χ4v) is 2.56. The quantitative estimate of drug-likeness (QED) is 0.668. The van der Waals surface area contributed by atoms with E-state index in [-0.39, 0.29) is 24.9 Å². The molecule has 1 heterocycles. The van der Waals surface area contributed by atoms with Crippen molar-refractivity contribution in [3.05, 3.63) is 0 Å². The Morgan fingerprint density at radius 1 is 1.67 bits per heavy atom. The highest BCUT2D eigenvalue weighted by Crippen LogP contribution is 2.19. The molecule has 2 N–H and O–H groups in total. The number of carbonyl (C=O) groups is 1. The zero-order chi connectivity index (χ0) is 11.6. The van der Waals surface area contributed by atoms with Crippen LogP contribution in [-0.2, 0) is 15.0 Å². The molecular weight excluding hydrogens is 223 g/mol. The second kappa shape index (κ2) is 4.44. The molecule has 1 fully saturated rings. The van der Waals surface area contributed by atoms with Gasteiger partial charge in [-0.3, -0.25) is 4.79 Å². The molecule has 0 spiro atoms. The van der Waals surface area contributed by atoms with Crippen molar-refractivity contribution in [2.45, 2.75) is 19.4 Å². The Hall–Kier alpha value is -0.690. The van der Waals surface area contributed by atoms with Gasteiger partial charge >= 0.3 is 10.2 Å². The number of hydrogen-bond donors (Lipinski definition) is 1. The van der Waals surface area contributed by atoms with Gasteiger partial charge in [0.1, 0.15) is 0 Å². The maximum Gasteiger partial charge on any atom is 0.302 e. The summed E-state index contributed by atoms with van der Waals surface area (Å²) in [4.78, 5) is 12.8. The van der Waals surface area contributed by atoms with Crippen LogP contribution in [0.5, 0.6) is 0 Å². The summed E-state index contributed by atoms with van der Waals surface area (Å²) in [6.07, 6.45) is 0.0931. The number of hydrogen-bond acceptors (Lipinski definition) is 4. The topological polar surface area (TPSA) is 80.5 Å². The summed E-state index contributed by atoms with van der Waals surface area (Å²) < 4.78 is 33.2. The molecule has 2 unspecified atom stereocenters. The van der Waals surface area contributed by atoms with Gasteiger partial charge < -0.3 is 10.6 Å². The summed E-state index contributed by atoms with van der Waals surface area (Å²) in [6, 6.07) is -0.158. The number of nitrogens with zero attached hydrogens (tertiary/aromatic N) is 1.